The highest BCUT2D eigenvalue weighted by atomic mass is 32.2. The van der Waals surface area contributed by atoms with Crippen LogP contribution in [-0.4, -0.2) is 18.5 Å². The van der Waals surface area contributed by atoms with Gasteiger partial charge < -0.3 is 8.97 Å². The molecule has 10 heteroatoms. The third-order valence-electron chi connectivity index (χ3n) is 4.07. The zero-order chi connectivity index (χ0) is 23.4. The van der Waals surface area contributed by atoms with E-state index in [0.717, 1.165) is 5.39 Å². The molecule has 0 bridgehead atoms. The van der Waals surface area contributed by atoms with Crippen molar-refractivity contribution in [2.75, 3.05) is 0 Å². The zero-order valence-corrected chi connectivity index (χ0v) is 17.8. The van der Waals surface area contributed by atoms with E-state index in [0.29, 0.717) is 5.58 Å². The first-order valence-electron chi connectivity index (χ1n) is 8.97. The van der Waals surface area contributed by atoms with Crippen molar-refractivity contribution in [1.82, 2.24) is 0 Å². The smallest absolute Gasteiger partial charge is 0.485 e. The number of benzene rings is 3. The van der Waals surface area contributed by atoms with E-state index in [4.69, 9.17) is 17.4 Å². The number of hydrogen-bond acceptors (Lipinski definition) is 5. The first kappa shape index (κ1) is 23.6. The van der Waals surface area contributed by atoms with Crippen molar-refractivity contribution in [3.05, 3.63) is 101 Å². The summed E-state index contributed by atoms with van der Waals surface area (Å²) >= 11 is 0. The summed E-state index contributed by atoms with van der Waals surface area (Å²) in [4.78, 5) is 15.1. The number of hydrogen-bond donors (Lipinski definition) is 0. The monoisotopic (exact) mass is 480 g/mol. The van der Waals surface area contributed by atoms with Crippen molar-refractivity contribution in [3.8, 4) is 0 Å². The topological polar surface area (TPSA) is 87.4 Å². The fourth-order valence-corrected chi connectivity index (χ4v) is 4.82. The van der Waals surface area contributed by atoms with Crippen molar-refractivity contribution in [2.24, 2.45) is 0 Å². The molecule has 4 rings (SSSR count). The fourth-order valence-electron chi connectivity index (χ4n) is 2.70. The molecular formula is C22H15F3O5S2. The normalized spacial score (nSPS) is 11.8. The Morgan fingerprint density at radius 3 is 1.72 bits per heavy atom. The number of rotatable bonds is 3. The van der Waals surface area contributed by atoms with Crippen LogP contribution in [-0.2, 0) is 21.0 Å². The first-order chi connectivity index (χ1) is 15.1. The quantitative estimate of drug-likeness (QED) is 0.179. The highest BCUT2D eigenvalue weighted by molar-refractivity contribution is 7.97. The lowest BCUT2D eigenvalue weighted by Gasteiger charge is -2.08. The Morgan fingerprint density at radius 1 is 0.750 bits per heavy atom. The Hall–Kier alpha value is -3.08. The van der Waals surface area contributed by atoms with Gasteiger partial charge in [0, 0.05) is 17.5 Å². The molecule has 0 N–H and O–H groups in total. The summed E-state index contributed by atoms with van der Waals surface area (Å²) in [7, 11) is -6.29. The van der Waals surface area contributed by atoms with Gasteiger partial charge >= 0.3 is 11.1 Å². The maximum Gasteiger partial charge on any atom is 0.485 e. The lowest BCUT2D eigenvalue weighted by atomic mass is 10.2. The minimum atomic E-state index is -6.09. The molecule has 0 aliphatic rings. The molecule has 0 spiro atoms. The van der Waals surface area contributed by atoms with Crippen molar-refractivity contribution < 1.29 is 30.6 Å². The molecule has 4 aromatic rings. The van der Waals surface area contributed by atoms with Crippen molar-refractivity contribution in [2.45, 2.75) is 20.2 Å². The predicted molar refractivity (Wildman–Crippen MR) is 113 cm³/mol. The van der Waals surface area contributed by atoms with Crippen molar-refractivity contribution in [3.63, 3.8) is 0 Å². The van der Waals surface area contributed by atoms with E-state index in [1.54, 1.807) is 0 Å². The molecule has 0 aliphatic heterocycles. The third kappa shape index (κ3) is 5.78. The molecule has 0 saturated carbocycles. The second kappa shape index (κ2) is 9.60. The van der Waals surface area contributed by atoms with Crippen LogP contribution in [0.4, 0.5) is 13.2 Å². The van der Waals surface area contributed by atoms with Crippen LogP contribution < -0.4 is 5.63 Å². The molecule has 0 unspecified atom stereocenters. The van der Waals surface area contributed by atoms with Gasteiger partial charge in [0.1, 0.15) is 5.58 Å². The molecule has 5 nitrogen and oxygen atoms in total. The van der Waals surface area contributed by atoms with Gasteiger partial charge in [-0.3, -0.25) is 0 Å². The Morgan fingerprint density at radius 2 is 1.25 bits per heavy atom. The van der Waals surface area contributed by atoms with Crippen LogP contribution >= 0.6 is 0 Å². The molecule has 0 fully saturated rings. The Balaban J connectivity index is 0.000000312. The molecule has 0 radical (unpaired) electrons. The van der Waals surface area contributed by atoms with Gasteiger partial charge in [-0.2, -0.15) is 13.2 Å². The fraction of sp³-hybridized carbons (Fsp3) is 0.0455. The summed E-state index contributed by atoms with van der Waals surface area (Å²) < 4.78 is 64.2. The van der Waals surface area contributed by atoms with Gasteiger partial charge in [-0.25, -0.2) is 13.2 Å². The molecule has 0 amide bonds. The molecule has 32 heavy (non-hydrogen) atoms. The molecular weight excluding hydrogens is 465 g/mol. The molecule has 166 valence electrons. The van der Waals surface area contributed by atoms with Gasteiger partial charge in [0.15, 0.2) is 24.8 Å². The van der Waals surface area contributed by atoms with Crippen LogP contribution in [0.5, 0.6) is 0 Å². The minimum absolute atomic E-state index is 0.196. The maximum absolute atomic E-state index is 11.4. The third-order valence-corrected chi connectivity index (χ3v) is 6.85. The Labute approximate surface area is 184 Å². The minimum Gasteiger partial charge on any atom is -0.741 e. The van der Waals surface area contributed by atoms with Crippen LogP contribution in [0.1, 0.15) is 0 Å². The van der Waals surface area contributed by atoms with Crippen molar-refractivity contribution in [1.29, 1.82) is 0 Å². The average molecular weight is 480 g/mol. The van der Waals surface area contributed by atoms with Gasteiger partial charge in [-0.1, -0.05) is 36.4 Å². The SMILES string of the molecule is O=S(=O)([O-])C(F)(F)F.O=c1ccc2cc([S+](c3ccccc3)c3ccccc3)ccc2o1. The summed E-state index contributed by atoms with van der Waals surface area (Å²) in [5.74, 6) is 0. The lowest BCUT2D eigenvalue weighted by Crippen LogP contribution is -2.21. The van der Waals surface area contributed by atoms with Crippen molar-refractivity contribution >= 4 is 32.0 Å². The molecule has 1 aromatic heterocycles. The second-order valence-corrected chi connectivity index (χ2v) is 9.68. The summed E-state index contributed by atoms with van der Waals surface area (Å²) in [6.45, 7) is 0. The van der Waals surface area contributed by atoms with Crippen LogP contribution in [0.2, 0.25) is 0 Å². The zero-order valence-electron chi connectivity index (χ0n) is 16.2. The van der Waals surface area contributed by atoms with Gasteiger partial charge in [0.25, 0.3) is 0 Å². The lowest BCUT2D eigenvalue weighted by molar-refractivity contribution is -0.0517. The van der Waals surface area contributed by atoms with E-state index in [-0.39, 0.29) is 16.5 Å². The average Bonchev–Trinajstić information content (AvgIpc) is 2.75. The van der Waals surface area contributed by atoms with Crippen LogP contribution in [0.25, 0.3) is 11.0 Å². The number of fused-ring (bicyclic) bond motifs is 1. The number of halogens is 3. The van der Waals surface area contributed by atoms with Crippen LogP contribution in [0.15, 0.2) is 115 Å². The van der Waals surface area contributed by atoms with E-state index in [9.17, 15) is 18.0 Å². The van der Waals surface area contributed by atoms with Crippen LogP contribution in [0.3, 0.4) is 0 Å². The highest BCUT2D eigenvalue weighted by Crippen LogP contribution is 2.32. The van der Waals surface area contributed by atoms with E-state index in [1.807, 2.05) is 30.3 Å². The molecule has 1 heterocycles. The largest absolute Gasteiger partial charge is 0.741 e. The maximum atomic E-state index is 11.4. The molecule has 0 atom stereocenters. The van der Waals surface area contributed by atoms with E-state index < -0.39 is 15.6 Å². The van der Waals surface area contributed by atoms with E-state index in [1.165, 1.54) is 20.8 Å². The first-order valence-corrected chi connectivity index (χ1v) is 11.6. The van der Waals surface area contributed by atoms with E-state index >= 15 is 0 Å². The Bertz CT molecular complexity index is 1310. The Kier molecular flexibility index (Phi) is 7.07. The molecule has 0 saturated heterocycles. The van der Waals surface area contributed by atoms with Gasteiger partial charge in [0.2, 0.25) is 0 Å². The summed E-state index contributed by atoms with van der Waals surface area (Å²) in [5.41, 5.74) is -5.34. The van der Waals surface area contributed by atoms with Crippen LogP contribution in [0, 0.1) is 0 Å². The standard InChI is InChI=1S/C21H15O2S.CHF3O3S/c22-21-14-11-16-15-19(12-13-20(16)23-21)24(17-7-3-1-4-8-17)18-9-5-2-6-10-18;2-1(3,4)8(5,6)7/h1-15H;(H,5,6,7)/q+1;/p-1. The highest BCUT2D eigenvalue weighted by Gasteiger charge is 2.37. The summed E-state index contributed by atoms with van der Waals surface area (Å²) in [6.07, 6.45) is 0. The van der Waals surface area contributed by atoms with Gasteiger partial charge in [0.05, 0.1) is 10.9 Å². The van der Waals surface area contributed by atoms with E-state index in [2.05, 4.69) is 54.6 Å². The predicted octanol–water partition coefficient (Wildman–Crippen LogP) is 4.94. The summed E-state index contributed by atoms with van der Waals surface area (Å²) in [5, 5.41) is 0.941. The molecule has 3 aromatic carbocycles. The number of alkyl halides is 3. The van der Waals surface area contributed by atoms with Gasteiger partial charge in [-0.05, 0) is 42.5 Å². The summed E-state index contributed by atoms with van der Waals surface area (Å²) in [6, 6.07) is 30.3. The van der Waals surface area contributed by atoms with Gasteiger partial charge in [-0.15, -0.1) is 0 Å². The molecule has 0 aliphatic carbocycles. The second-order valence-electron chi connectivity index (χ2n) is 6.29.